The number of allylic oxidation sites excluding steroid dienone is 2. The fourth-order valence-electron chi connectivity index (χ4n) is 2.54. The Labute approximate surface area is 98.0 Å². The van der Waals surface area contributed by atoms with Crippen LogP contribution in [0.5, 0.6) is 0 Å². The molecular weight excluding hydrogens is 263 g/mol. The molecule has 2 aliphatic carbocycles. The Morgan fingerprint density at radius 2 is 2.36 bits per heavy atom. The molecule has 2 aliphatic rings. The van der Waals surface area contributed by atoms with Crippen LogP contribution in [-0.2, 0) is 4.79 Å². The van der Waals surface area contributed by atoms with E-state index in [1.165, 1.54) is 0 Å². The summed E-state index contributed by atoms with van der Waals surface area (Å²) in [5.74, 6) is 0.826. The summed E-state index contributed by atoms with van der Waals surface area (Å²) in [6.45, 7) is 0. The molecular formula is C11H14BrClO. The van der Waals surface area contributed by atoms with Gasteiger partial charge in [-0.05, 0) is 19.3 Å². The highest BCUT2D eigenvalue weighted by molar-refractivity contribution is 9.09. The van der Waals surface area contributed by atoms with Gasteiger partial charge in [0.25, 0.3) is 0 Å². The second-order valence-corrected chi connectivity index (χ2v) is 5.64. The molecule has 0 radical (unpaired) electrons. The SMILES string of the molecule is O=C1[C@@H]2CC=C[C@@H]2[C@@]1(Cl)CCCCBr. The monoisotopic (exact) mass is 276 g/mol. The van der Waals surface area contributed by atoms with Crippen molar-refractivity contribution in [1.82, 2.24) is 0 Å². The van der Waals surface area contributed by atoms with Crippen molar-refractivity contribution in [1.29, 1.82) is 0 Å². The highest BCUT2D eigenvalue weighted by atomic mass is 79.9. The van der Waals surface area contributed by atoms with Gasteiger partial charge in [-0.1, -0.05) is 34.5 Å². The van der Waals surface area contributed by atoms with E-state index < -0.39 is 4.87 Å². The molecule has 3 heteroatoms. The number of ketones is 1. The number of carbonyl (C=O) groups excluding carboxylic acids is 1. The number of Topliss-reactive ketones (excluding diaryl/α,β-unsaturated/α-hetero) is 1. The maximum atomic E-state index is 11.8. The minimum atomic E-state index is -0.542. The molecule has 0 aromatic heterocycles. The predicted molar refractivity (Wildman–Crippen MR) is 62.0 cm³/mol. The van der Waals surface area contributed by atoms with Crippen LogP contribution in [0.25, 0.3) is 0 Å². The van der Waals surface area contributed by atoms with Crippen LogP contribution in [-0.4, -0.2) is 16.0 Å². The number of fused-ring (bicyclic) bond motifs is 1. The summed E-state index contributed by atoms with van der Waals surface area (Å²) < 4.78 is 0. The Hall–Kier alpha value is 0.180. The maximum absolute atomic E-state index is 11.8. The molecule has 0 aliphatic heterocycles. The zero-order valence-corrected chi connectivity index (χ0v) is 10.4. The Morgan fingerprint density at radius 3 is 3.07 bits per heavy atom. The number of hydrogen-bond acceptors (Lipinski definition) is 1. The molecule has 2 rings (SSSR count). The molecule has 0 bridgehead atoms. The molecule has 0 spiro atoms. The van der Waals surface area contributed by atoms with Gasteiger partial charge in [0.2, 0.25) is 0 Å². The number of alkyl halides is 2. The third-order valence-electron chi connectivity index (χ3n) is 3.37. The predicted octanol–water partition coefficient (Wildman–Crippen LogP) is 3.30. The fraction of sp³-hybridized carbons (Fsp3) is 0.727. The molecule has 0 heterocycles. The van der Waals surface area contributed by atoms with E-state index in [-0.39, 0.29) is 11.7 Å². The maximum Gasteiger partial charge on any atom is 0.158 e. The van der Waals surface area contributed by atoms with Crippen molar-refractivity contribution in [3.05, 3.63) is 12.2 Å². The van der Waals surface area contributed by atoms with E-state index >= 15 is 0 Å². The lowest BCUT2D eigenvalue weighted by Crippen LogP contribution is -2.57. The molecule has 0 aromatic rings. The van der Waals surface area contributed by atoms with Crippen LogP contribution >= 0.6 is 27.5 Å². The zero-order chi connectivity index (χ0) is 10.2. The summed E-state index contributed by atoms with van der Waals surface area (Å²) in [5.41, 5.74) is 0. The van der Waals surface area contributed by atoms with Gasteiger partial charge in [0.05, 0.1) is 0 Å². The average Bonchev–Trinajstić information content (AvgIpc) is 2.63. The van der Waals surface area contributed by atoms with Crippen LogP contribution in [0.1, 0.15) is 25.7 Å². The van der Waals surface area contributed by atoms with Crippen molar-refractivity contribution in [3.8, 4) is 0 Å². The molecule has 0 aromatic carbocycles. The molecule has 0 saturated heterocycles. The van der Waals surface area contributed by atoms with Crippen molar-refractivity contribution in [2.75, 3.05) is 5.33 Å². The zero-order valence-electron chi connectivity index (χ0n) is 8.01. The Balaban J connectivity index is 1.95. The van der Waals surface area contributed by atoms with Crippen LogP contribution in [0.3, 0.4) is 0 Å². The van der Waals surface area contributed by atoms with E-state index in [0.29, 0.717) is 5.92 Å². The Kier molecular flexibility index (Phi) is 3.03. The van der Waals surface area contributed by atoms with E-state index in [4.69, 9.17) is 11.6 Å². The van der Waals surface area contributed by atoms with Crippen molar-refractivity contribution < 1.29 is 4.79 Å². The van der Waals surface area contributed by atoms with Gasteiger partial charge in [-0.3, -0.25) is 4.79 Å². The molecule has 0 unspecified atom stereocenters. The number of hydrogen-bond donors (Lipinski definition) is 0. The molecule has 1 saturated carbocycles. The van der Waals surface area contributed by atoms with E-state index in [0.717, 1.165) is 31.0 Å². The molecule has 0 N–H and O–H groups in total. The third-order valence-corrected chi connectivity index (χ3v) is 4.55. The average molecular weight is 278 g/mol. The van der Waals surface area contributed by atoms with Gasteiger partial charge in [-0.15, -0.1) is 11.6 Å². The van der Waals surface area contributed by atoms with Gasteiger partial charge >= 0.3 is 0 Å². The van der Waals surface area contributed by atoms with Gasteiger partial charge in [0.15, 0.2) is 5.78 Å². The summed E-state index contributed by atoms with van der Waals surface area (Å²) in [6.07, 6.45) is 8.12. The quantitative estimate of drug-likeness (QED) is 0.438. The van der Waals surface area contributed by atoms with Gasteiger partial charge in [-0.25, -0.2) is 0 Å². The largest absolute Gasteiger partial charge is 0.297 e. The van der Waals surface area contributed by atoms with Gasteiger partial charge in [-0.2, -0.15) is 0 Å². The molecule has 3 atom stereocenters. The first-order valence-electron chi connectivity index (χ1n) is 5.16. The van der Waals surface area contributed by atoms with Crippen LogP contribution in [0, 0.1) is 11.8 Å². The second-order valence-electron chi connectivity index (χ2n) is 4.17. The van der Waals surface area contributed by atoms with Gasteiger partial charge < -0.3 is 0 Å². The van der Waals surface area contributed by atoms with Gasteiger partial charge in [0, 0.05) is 17.2 Å². The lowest BCUT2D eigenvalue weighted by atomic mass is 9.63. The number of carbonyl (C=O) groups is 1. The van der Waals surface area contributed by atoms with E-state index in [9.17, 15) is 4.79 Å². The summed E-state index contributed by atoms with van der Waals surface area (Å²) in [5, 5.41) is 0.998. The van der Waals surface area contributed by atoms with Crippen LogP contribution in [0.15, 0.2) is 12.2 Å². The first kappa shape index (κ1) is 10.7. The third kappa shape index (κ3) is 1.47. The van der Waals surface area contributed by atoms with Crippen molar-refractivity contribution >= 4 is 33.3 Å². The minimum absolute atomic E-state index is 0.219. The second kappa shape index (κ2) is 3.97. The van der Waals surface area contributed by atoms with E-state index in [2.05, 4.69) is 28.1 Å². The lowest BCUT2D eigenvalue weighted by Gasteiger charge is -2.46. The molecule has 78 valence electrons. The van der Waals surface area contributed by atoms with Gasteiger partial charge in [0.1, 0.15) is 4.87 Å². The smallest absolute Gasteiger partial charge is 0.158 e. The molecule has 14 heavy (non-hydrogen) atoms. The summed E-state index contributed by atoms with van der Waals surface area (Å²) in [7, 11) is 0. The van der Waals surface area contributed by atoms with Crippen LogP contribution in [0.2, 0.25) is 0 Å². The minimum Gasteiger partial charge on any atom is -0.297 e. The van der Waals surface area contributed by atoms with E-state index in [1.54, 1.807) is 0 Å². The first-order valence-corrected chi connectivity index (χ1v) is 6.66. The highest BCUT2D eigenvalue weighted by Crippen LogP contribution is 2.53. The van der Waals surface area contributed by atoms with Crippen molar-refractivity contribution in [2.24, 2.45) is 11.8 Å². The Bertz CT molecular complexity index is 276. The molecule has 0 amide bonds. The van der Waals surface area contributed by atoms with Crippen LogP contribution < -0.4 is 0 Å². The van der Waals surface area contributed by atoms with Crippen molar-refractivity contribution in [3.63, 3.8) is 0 Å². The Morgan fingerprint density at radius 1 is 1.57 bits per heavy atom. The lowest BCUT2D eigenvalue weighted by molar-refractivity contribution is -0.137. The van der Waals surface area contributed by atoms with E-state index in [1.807, 2.05) is 0 Å². The highest BCUT2D eigenvalue weighted by Gasteiger charge is 2.59. The topological polar surface area (TPSA) is 17.1 Å². The number of unbranched alkanes of at least 4 members (excludes halogenated alkanes) is 1. The number of halogens is 2. The molecule has 1 nitrogen and oxygen atoms in total. The summed E-state index contributed by atoms with van der Waals surface area (Å²) >= 11 is 9.77. The normalized spacial score (nSPS) is 39.7. The molecule has 1 fully saturated rings. The van der Waals surface area contributed by atoms with Crippen LogP contribution in [0.4, 0.5) is 0 Å². The summed E-state index contributed by atoms with van der Waals surface area (Å²) in [6, 6.07) is 0. The summed E-state index contributed by atoms with van der Waals surface area (Å²) in [4.78, 5) is 11.2. The van der Waals surface area contributed by atoms with Crippen molar-refractivity contribution in [2.45, 2.75) is 30.6 Å². The standard InChI is InChI=1S/C11H14BrClO/c12-7-2-1-6-11(13)9-5-3-4-8(9)10(11)14/h3,5,8-9H,1-2,4,6-7H2/t8-,9+,11+/m1/s1. The first-order chi connectivity index (χ1) is 6.70. The number of rotatable bonds is 4. The fourth-order valence-corrected chi connectivity index (χ4v) is 3.43.